The third kappa shape index (κ3) is 3.76. The monoisotopic (exact) mass is 502 g/mol. The van der Waals surface area contributed by atoms with Crippen LogP contribution in [-0.4, -0.2) is 92.1 Å². The molecule has 0 amide bonds. The van der Waals surface area contributed by atoms with E-state index in [0.29, 0.717) is 19.3 Å². The van der Waals surface area contributed by atoms with Gasteiger partial charge in [0.05, 0.1) is 29.5 Å². The van der Waals surface area contributed by atoms with E-state index in [-0.39, 0.29) is 38.3 Å². The predicted octanol–water partition coefficient (Wildman–Crippen LogP) is 2.05. The van der Waals surface area contributed by atoms with Crippen LogP contribution in [0.15, 0.2) is 0 Å². The summed E-state index contributed by atoms with van der Waals surface area (Å²) < 4.78 is 35.2. The van der Waals surface area contributed by atoms with E-state index in [1.165, 1.54) is 0 Å². The van der Waals surface area contributed by atoms with Gasteiger partial charge in [0.1, 0.15) is 26.0 Å². The number of aliphatic hydroxyl groups excluding tert-OH is 2. The van der Waals surface area contributed by atoms with Gasteiger partial charge in [-0.05, 0) is 51.9 Å². The van der Waals surface area contributed by atoms with E-state index in [4.69, 9.17) is 28.4 Å². The van der Waals surface area contributed by atoms with E-state index < -0.39 is 45.8 Å². The normalized spacial score (nSPS) is 50.6. The molecule has 35 heavy (non-hydrogen) atoms. The van der Waals surface area contributed by atoms with Crippen LogP contribution in [-0.2, 0) is 28.4 Å². The van der Waals surface area contributed by atoms with Crippen LogP contribution in [0.2, 0.25) is 0 Å². The Labute approximate surface area is 209 Å². The van der Waals surface area contributed by atoms with E-state index in [1.807, 2.05) is 20.8 Å². The first-order valence-corrected chi connectivity index (χ1v) is 12.8. The second-order valence-electron chi connectivity index (χ2n) is 12.3. The molecule has 0 aromatic heterocycles. The lowest BCUT2D eigenvalue weighted by atomic mass is 9.57. The van der Waals surface area contributed by atoms with E-state index >= 15 is 0 Å². The van der Waals surface area contributed by atoms with Crippen molar-refractivity contribution >= 4 is 0 Å². The number of hydrogen-bond donors (Lipinski definition) is 3. The molecule has 9 heteroatoms. The summed E-state index contributed by atoms with van der Waals surface area (Å²) in [5, 5.41) is 35.3. The molecule has 0 aromatic rings. The molecule has 0 unspecified atom stereocenters. The van der Waals surface area contributed by atoms with E-state index in [0.717, 1.165) is 12.8 Å². The quantitative estimate of drug-likeness (QED) is 0.407. The highest BCUT2D eigenvalue weighted by atomic mass is 16.7. The maximum Gasteiger partial charge on any atom is 0.147 e. The van der Waals surface area contributed by atoms with E-state index in [2.05, 4.69) is 6.92 Å². The van der Waals surface area contributed by atoms with Crippen molar-refractivity contribution in [2.75, 3.05) is 41.7 Å². The van der Waals surface area contributed by atoms with Crippen LogP contribution in [0.1, 0.15) is 59.8 Å². The van der Waals surface area contributed by atoms with Gasteiger partial charge in [0.25, 0.3) is 0 Å². The van der Waals surface area contributed by atoms with E-state index in [9.17, 15) is 15.3 Å². The molecule has 9 nitrogen and oxygen atoms in total. The van der Waals surface area contributed by atoms with Crippen LogP contribution >= 0.6 is 0 Å². The fraction of sp³-hybridized carbons (Fsp3) is 1.00. The van der Waals surface area contributed by atoms with E-state index in [1.54, 1.807) is 21.3 Å². The fourth-order valence-electron chi connectivity index (χ4n) is 8.87. The minimum Gasteiger partial charge on any atom is -0.392 e. The van der Waals surface area contributed by atoms with Gasteiger partial charge in [0.15, 0.2) is 0 Å². The number of rotatable bonds is 9. The Morgan fingerprint density at radius 3 is 2.06 bits per heavy atom. The largest absolute Gasteiger partial charge is 0.392 e. The lowest BCUT2D eigenvalue weighted by Crippen LogP contribution is -2.61. The Balaban J connectivity index is 1.88. The zero-order chi connectivity index (χ0) is 25.9. The second-order valence-corrected chi connectivity index (χ2v) is 12.3. The number of aliphatic hydroxyl groups is 3. The molecule has 0 saturated heterocycles. The average Bonchev–Trinajstić information content (AvgIpc) is 3.06. The molecule has 204 valence electrons. The van der Waals surface area contributed by atoms with Crippen LogP contribution in [0, 0.1) is 28.6 Å². The maximum atomic E-state index is 12.3. The van der Waals surface area contributed by atoms with Gasteiger partial charge in [-0.15, -0.1) is 0 Å². The molecule has 4 aliphatic carbocycles. The first-order valence-electron chi connectivity index (χ1n) is 12.8. The Bertz CT molecular complexity index is 763. The van der Waals surface area contributed by atoms with Crippen LogP contribution in [0.5, 0.6) is 0 Å². The summed E-state index contributed by atoms with van der Waals surface area (Å²) in [7, 11) is 4.79. The number of hydrogen-bond acceptors (Lipinski definition) is 9. The number of ether oxygens (including phenoxy) is 6. The van der Waals surface area contributed by atoms with Crippen molar-refractivity contribution in [1.29, 1.82) is 0 Å². The van der Waals surface area contributed by atoms with Crippen molar-refractivity contribution in [2.24, 2.45) is 28.6 Å². The molecule has 3 N–H and O–H groups in total. The minimum atomic E-state index is -1.56. The first kappa shape index (κ1) is 27.7. The van der Waals surface area contributed by atoms with Gasteiger partial charge in [-0.1, -0.05) is 13.8 Å². The zero-order valence-electron chi connectivity index (χ0n) is 22.4. The lowest BCUT2D eigenvalue weighted by molar-refractivity contribution is -0.244. The molecule has 0 heterocycles. The Kier molecular flexibility index (Phi) is 7.46. The molecule has 4 rings (SSSR count). The molecule has 10 atom stereocenters. The second kappa shape index (κ2) is 9.43. The molecule has 4 saturated carbocycles. The SMILES string of the molecule is COCO[C@@H]1[C@H]2CC[C@@H]3[C@]1(C[C@H](O)[C@@]1(O)[C@@H](C[C@H](O)C1(C)C)[C@]3(C)OCOC)C[C@@]2(C)OCOC. The molecule has 4 fully saturated rings. The summed E-state index contributed by atoms with van der Waals surface area (Å²) in [4.78, 5) is 0. The predicted molar refractivity (Wildman–Crippen MR) is 126 cm³/mol. The van der Waals surface area contributed by atoms with Gasteiger partial charge in [-0.3, -0.25) is 0 Å². The third-order valence-corrected chi connectivity index (χ3v) is 10.5. The van der Waals surface area contributed by atoms with Crippen molar-refractivity contribution in [3.63, 3.8) is 0 Å². The van der Waals surface area contributed by atoms with Crippen LogP contribution in [0.4, 0.5) is 0 Å². The zero-order valence-corrected chi connectivity index (χ0v) is 22.4. The molecule has 0 radical (unpaired) electrons. The van der Waals surface area contributed by atoms with Crippen LogP contribution < -0.4 is 0 Å². The summed E-state index contributed by atoms with van der Waals surface area (Å²) in [5.41, 5.74) is -4.47. The molecule has 4 aliphatic rings. The topological polar surface area (TPSA) is 116 Å². The minimum absolute atomic E-state index is 0.0484. The fourth-order valence-corrected chi connectivity index (χ4v) is 8.87. The molecule has 2 bridgehead atoms. The summed E-state index contributed by atoms with van der Waals surface area (Å²) in [6.07, 6.45) is 0.788. The number of methoxy groups -OCH3 is 3. The highest BCUT2D eigenvalue weighted by Crippen LogP contribution is 2.71. The average molecular weight is 503 g/mol. The van der Waals surface area contributed by atoms with Crippen LogP contribution in [0.25, 0.3) is 0 Å². The van der Waals surface area contributed by atoms with Gasteiger partial charge in [0.2, 0.25) is 0 Å². The summed E-state index contributed by atoms with van der Waals surface area (Å²) in [5.74, 6) is -0.513. The third-order valence-electron chi connectivity index (χ3n) is 10.5. The van der Waals surface area contributed by atoms with Crippen molar-refractivity contribution in [3.8, 4) is 0 Å². The Hall–Kier alpha value is -0.360. The van der Waals surface area contributed by atoms with Gasteiger partial charge in [-0.2, -0.15) is 0 Å². The van der Waals surface area contributed by atoms with Crippen molar-refractivity contribution in [2.45, 2.75) is 94.9 Å². The molecular weight excluding hydrogens is 456 g/mol. The first-order chi connectivity index (χ1) is 16.4. The Morgan fingerprint density at radius 2 is 1.43 bits per heavy atom. The lowest BCUT2D eigenvalue weighted by Gasteiger charge is -2.54. The molecule has 0 aliphatic heterocycles. The highest BCUT2D eigenvalue weighted by molar-refractivity contribution is 5.26. The van der Waals surface area contributed by atoms with Crippen molar-refractivity contribution in [1.82, 2.24) is 0 Å². The van der Waals surface area contributed by atoms with Crippen LogP contribution in [0.3, 0.4) is 0 Å². The maximum absolute atomic E-state index is 12.3. The smallest absolute Gasteiger partial charge is 0.147 e. The summed E-state index contributed by atoms with van der Waals surface area (Å²) >= 11 is 0. The molecule has 1 spiro atoms. The highest BCUT2D eigenvalue weighted by Gasteiger charge is 2.77. The standard InChI is InChI=1S/C26H46O9/c1-22(2)19(27)10-18-24(4,35-15-32-7)17-9-8-16-21(33-13-30-5)25(17,11-20(28)26(18,22)29)12-23(16,3)34-14-31-6/h16-21,27-29H,8-15H2,1-7H3/t16-,17+,18+,19+,20+,21-,23-,24-,25+,26+/m1/s1. The number of fused-ring (bicyclic) bond motifs is 2. The van der Waals surface area contributed by atoms with Gasteiger partial charge in [-0.25, -0.2) is 0 Å². The van der Waals surface area contributed by atoms with Gasteiger partial charge >= 0.3 is 0 Å². The van der Waals surface area contributed by atoms with Gasteiger partial charge in [0, 0.05) is 44.0 Å². The molecular formula is C26H46O9. The summed E-state index contributed by atoms with van der Waals surface area (Å²) in [6.45, 7) is 8.15. The molecule has 0 aromatic carbocycles. The Morgan fingerprint density at radius 1 is 0.800 bits per heavy atom. The summed E-state index contributed by atoms with van der Waals surface area (Å²) in [6, 6.07) is 0. The van der Waals surface area contributed by atoms with Crippen molar-refractivity contribution < 1.29 is 43.7 Å². The van der Waals surface area contributed by atoms with Gasteiger partial charge < -0.3 is 43.7 Å². The van der Waals surface area contributed by atoms with Crippen molar-refractivity contribution in [3.05, 3.63) is 0 Å².